The number of furan rings is 1. The van der Waals surface area contributed by atoms with Crippen LogP contribution in [-0.4, -0.2) is 11.1 Å². The van der Waals surface area contributed by atoms with Crippen LogP contribution in [0.15, 0.2) is 39.6 Å². The van der Waals surface area contributed by atoms with Crippen molar-refractivity contribution in [1.82, 2.24) is 0 Å². The van der Waals surface area contributed by atoms with Crippen LogP contribution in [0.1, 0.15) is 47.2 Å². The van der Waals surface area contributed by atoms with E-state index >= 15 is 0 Å². The Kier molecular flexibility index (Phi) is 4.55. The maximum Gasteiger partial charge on any atom is 0.371 e. The van der Waals surface area contributed by atoms with Gasteiger partial charge in [0.25, 0.3) is 0 Å². The van der Waals surface area contributed by atoms with Crippen LogP contribution in [0.4, 0.5) is 0 Å². The SMILES string of the molecule is Cc1oc(C(=O)O)cc1CSc1ccc(C(C)C)cc1. The van der Waals surface area contributed by atoms with Gasteiger partial charge in [0.05, 0.1) is 0 Å². The predicted octanol–water partition coefficient (Wildman–Crippen LogP) is 4.70. The lowest BCUT2D eigenvalue weighted by molar-refractivity contribution is 0.0661. The Morgan fingerprint density at radius 2 is 1.95 bits per heavy atom. The fourth-order valence-corrected chi connectivity index (χ4v) is 2.82. The average Bonchev–Trinajstić information content (AvgIpc) is 2.78. The van der Waals surface area contributed by atoms with Crippen LogP contribution in [0.25, 0.3) is 0 Å². The molecule has 1 aromatic heterocycles. The lowest BCUT2D eigenvalue weighted by Crippen LogP contribution is -1.91. The maximum atomic E-state index is 10.8. The van der Waals surface area contributed by atoms with E-state index < -0.39 is 5.97 Å². The summed E-state index contributed by atoms with van der Waals surface area (Å²) in [4.78, 5) is 12.0. The van der Waals surface area contributed by atoms with Crippen molar-refractivity contribution >= 4 is 17.7 Å². The van der Waals surface area contributed by atoms with Gasteiger partial charge in [-0.3, -0.25) is 0 Å². The molecule has 2 aromatic rings. The minimum Gasteiger partial charge on any atom is -0.475 e. The Bertz CT molecular complexity index is 597. The van der Waals surface area contributed by atoms with Crippen LogP contribution < -0.4 is 0 Å². The van der Waals surface area contributed by atoms with Crippen LogP contribution in [0, 0.1) is 6.92 Å². The Morgan fingerprint density at radius 1 is 1.30 bits per heavy atom. The first-order valence-corrected chi connectivity index (χ1v) is 7.51. The number of hydrogen-bond acceptors (Lipinski definition) is 3. The Balaban J connectivity index is 2.03. The molecule has 1 heterocycles. The average molecular weight is 290 g/mol. The number of benzene rings is 1. The molecule has 0 aliphatic carbocycles. The molecule has 3 nitrogen and oxygen atoms in total. The Labute approximate surface area is 123 Å². The second kappa shape index (κ2) is 6.18. The summed E-state index contributed by atoms with van der Waals surface area (Å²) in [5.74, 6) is 0.903. The summed E-state index contributed by atoms with van der Waals surface area (Å²) >= 11 is 1.68. The highest BCUT2D eigenvalue weighted by Crippen LogP contribution is 2.27. The monoisotopic (exact) mass is 290 g/mol. The molecule has 0 saturated carbocycles. The third-order valence-electron chi connectivity index (χ3n) is 3.17. The Morgan fingerprint density at radius 3 is 2.45 bits per heavy atom. The molecular weight excluding hydrogens is 272 g/mol. The first kappa shape index (κ1) is 14.7. The van der Waals surface area contributed by atoms with Crippen molar-refractivity contribution in [3.63, 3.8) is 0 Å². The van der Waals surface area contributed by atoms with Gasteiger partial charge in [0, 0.05) is 16.2 Å². The van der Waals surface area contributed by atoms with E-state index in [1.807, 2.05) is 0 Å². The van der Waals surface area contributed by atoms with Crippen molar-refractivity contribution in [3.05, 3.63) is 53.0 Å². The Hall–Kier alpha value is -1.68. The molecule has 1 N–H and O–H groups in total. The highest BCUT2D eigenvalue weighted by molar-refractivity contribution is 7.98. The van der Waals surface area contributed by atoms with E-state index in [4.69, 9.17) is 9.52 Å². The van der Waals surface area contributed by atoms with Gasteiger partial charge in [-0.25, -0.2) is 4.79 Å². The van der Waals surface area contributed by atoms with Gasteiger partial charge in [-0.1, -0.05) is 26.0 Å². The topological polar surface area (TPSA) is 50.4 Å². The summed E-state index contributed by atoms with van der Waals surface area (Å²) < 4.78 is 5.20. The van der Waals surface area contributed by atoms with Crippen molar-refractivity contribution in [2.45, 2.75) is 37.3 Å². The fourth-order valence-electron chi connectivity index (χ4n) is 1.88. The van der Waals surface area contributed by atoms with Crippen molar-refractivity contribution in [3.8, 4) is 0 Å². The molecule has 2 rings (SSSR count). The molecule has 0 amide bonds. The molecule has 0 aliphatic rings. The molecule has 20 heavy (non-hydrogen) atoms. The maximum absolute atomic E-state index is 10.8. The van der Waals surface area contributed by atoms with Gasteiger partial charge in [0.2, 0.25) is 5.76 Å². The number of aromatic carboxylic acids is 1. The van der Waals surface area contributed by atoms with Gasteiger partial charge >= 0.3 is 5.97 Å². The van der Waals surface area contributed by atoms with Crippen molar-refractivity contribution in [1.29, 1.82) is 0 Å². The van der Waals surface area contributed by atoms with Gasteiger partial charge in [-0.2, -0.15) is 0 Å². The number of hydrogen-bond donors (Lipinski definition) is 1. The second-order valence-electron chi connectivity index (χ2n) is 5.01. The summed E-state index contributed by atoms with van der Waals surface area (Å²) in [5, 5.41) is 8.89. The van der Waals surface area contributed by atoms with E-state index in [1.54, 1.807) is 24.8 Å². The van der Waals surface area contributed by atoms with Gasteiger partial charge in [0.15, 0.2) is 0 Å². The fraction of sp³-hybridized carbons (Fsp3) is 0.312. The van der Waals surface area contributed by atoms with E-state index in [1.165, 1.54) is 10.5 Å². The number of rotatable bonds is 5. The highest BCUT2D eigenvalue weighted by atomic mass is 32.2. The molecule has 0 fully saturated rings. The predicted molar refractivity (Wildman–Crippen MR) is 80.5 cm³/mol. The van der Waals surface area contributed by atoms with Crippen molar-refractivity contribution in [2.24, 2.45) is 0 Å². The van der Waals surface area contributed by atoms with Gasteiger partial charge in [0.1, 0.15) is 5.76 Å². The molecule has 0 bridgehead atoms. The first-order valence-electron chi connectivity index (χ1n) is 6.52. The molecule has 0 unspecified atom stereocenters. The minimum absolute atomic E-state index is 0.00764. The number of carbonyl (C=O) groups is 1. The molecule has 4 heteroatoms. The normalized spacial score (nSPS) is 11.0. The van der Waals surface area contributed by atoms with Gasteiger partial charge in [-0.15, -0.1) is 11.8 Å². The zero-order valence-electron chi connectivity index (χ0n) is 11.8. The molecular formula is C16H18O3S. The van der Waals surface area contributed by atoms with Gasteiger partial charge < -0.3 is 9.52 Å². The molecule has 0 aliphatic heterocycles. The van der Waals surface area contributed by atoms with Crippen LogP contribution in [0.3, 0.4) is 0 Å². The molecule has 1 aromatic carbocycles. The summed E-state index contributed by atoms with van der Waals surface area (Å²) in [6.07, 6.45) is 0. The number of thioether (sulfide) groups is 1. The molecule has 0 radical (unpaired) electrons. The van der Waals surface area contributed by atoms with Crippen molar-refractivity contribution < 1.29 is 14.3 Å². The van der Waals surface area contributed by atoms with Crippen LogP contribution >= 0.6 is 11.8 Å². The molecule has 106 valence electrons. The zero-order valence-corrected chi connectivity index (χ0v) is 12.7. The molecule has 0 atom stereocenters. The molecule has 0 saturated heterocycles. The third kappa shape index (κ3) is 3.45. The standard InChI is InChI=1S/C16H18O3S/c1-10(2)12-4-6-14(7-5-12)20-9-13-8-15(16(17)18)19-11(13)3/h4-8,10H,9H2,1-3H3,(H,17,18). The summed E-state index contributed by atoms with van der Waals surface area (Å²) in [7, 11) is 0. The third-order valence-corrected chi connectivity index (χ3v) is 4.23. The van der Waals surface area contributed by atoms with E-state index in [2.05, 4.69) is 38.1 Å². The number of carboxylic acids is 1. The van der Waals surface area contributed by atoms with Crippen LogP contribution in [-0.2, 0) is 5.75 Å². The van der Waals surface area contributed by atoms with E-state index in [-0.39, 0.29) is 5.76 Å². The largest absolute Gasteiger partial charge is 0.475 e. The van der Waals surface area contributed by atoms with Gasteiger partial charge in [-0.05, 0) is 36.6 Å². The highest BCUT2D eigenvalue weighted by Gasteiger charge is 2.13. The lowest BCUT2D eigenvalue weighted by atomic mass is 10.0. The first-order chi connectivity index (χ1) is 9.47. The van der Waals surface area contributed by atoms with E-state index in [9.17, 15) is 4.79 Å². The number of carboxylic acid groups (broad SMARTS) is 1. The van der Waals surface area contributed by atoms with Crippen LogP contribution in [0.2, 0.25) is 0 Å². The lowest BCUT2D eigenvalue weighted by Gasteiger charge is -2.06. The van der Waals surface area contributed by atoms with Crippen molar-refractivity contribution in [2.75, 3.05) is 0 Å². The molecule has 0 spiro atoms. The van der Waals surface area contributed by atoms with E-state index in [0.717, 1.165) is 5.56 Å². The minimum atomic E-state index is -1.02. The summed E-state index contributed by atoms with van der Waals surface area (Å²) in [6, 6.07) is 10.1. The summed E-state index contributed by atoms with van der Waals surface area (Å²) in [5.41, 5.74) is 2.25. The van der Waals surface area contributed by atoms with E-state index in [0.29, 0.717) is 17.4 Å². The smallest absolute Gasteiger partial charge is 0.371 e. The van der Waals surface area contributed by atoms with Crippen LogP contribution in [0.5, 0.6) is 0 Å². The quantitative estimate of drug-likeness (QED) is 0.811. The zero-order chi connectivity index (χ0) is 14.7. The second-order valence-corrected chi connectivity index (χ2v) is 6.06. The summed E-state index contributed by atoms with van der Waals surface area (Å²) in [6.45, 7) is 6.14. The number of aryl methyl sites for hydroxylation is 1.